The summed E-state index contributed by atoms with van der Waals surface area (Å²) in [6.45, 7) is 5.90. The summed E-state index contributed by atoms with van der Waals surface area (Å²) in [5.74, 6) is 0. The van der Waals surface area contributed by atoms with Crippen molar-refractivity contribution in [2.75, 3.05) is 6.54 Å². The lowest BCUT2D eigenvalue weighted by atomic mass is 10.0. The Labute approximate surface area is 86.7 Å². The molecular weight excluding hydrogens is 170 g/mol. The van der Waals surface area contributed by atoms with Crippen LogP contribution >= 0.6 is 0 Å². The first kappa shape index (κ1) is 9.72. The van der Waals surface area contributed by atoms with Gasteiger partial charge in [0.25, 0.3) is 0 Å². The van der Waals surface area contributed by atoms with E-state index in [0.29, 0.717) is 0 Å². The van der Waals surface area contributed by atoms with Crippen molar-refractivity contribution in [1.29, 1.82) is 0 Å². The molecule has 0 aromatic heterocycles. The molecule has 1 heteroatoms. The molecule has 1 aliphatic rings. The second-order valence-corrected chi connectivity index (χ2v) is 4.30. The van der Waals surface area contributed by atoms with E-state index in [0.717, 1.165) is 12.1 Å². The third-order valence-corrected chi connectivity index (χ3v) is 3.16. The largest absolute Gasteiger partial charge is 0.295 e. The van der Waals surface area contributed by atoms with Gasteiger partial charge < -0.3 is 0 Å². The highest BCUT2D eigenvalue weighted by Gasteiger charge is 2.34. The first-order valence-electron chi connectivity index (χ1n) is 5.61. The molecule has 1 fully saturated rings. The van der Waals surface area contributed by atoms with Gasteiger partial charge in [0.05, 0.1) is 0 Å². The average Bonchev–Trinajstić information content (AvgIpc) is 2.93. The van der Waals surface area contributed by atoms with E-state index in [1.807, 2.05) is 0 Å². The predicted octanol–water partition coefficient (Wildman–Crippen LogP) is 2.71. The summed E-state index contributed by atoms with van der Waals surface area (Å²) in [5.41, 5.74) is 1.47. The Kier molecular flexibility index (Phi) is 2.87. The van der Waals surface area contributed by atoms with Crippen LogP contribution in [0.2, 0.25) is 0 Å². The molecule has 3 unspecified atom stereocenters. The van der Waals surface area contributed by atoms with Crippen LogP contribution in [0.3, 0.4) is 0 Å². The summed E-state index contributed by atoms with van der Waals surface area (Å²) < 4.78 is 0. The summed E-state index contributed by atoms with van der Waals surface area (Å²) in [4.78, 5) is 2.59. The molecule has 1 heterocycles. The predicted molar refractivity (Wildman–Crippen MR) is 60.4 cm³/mol. The van der Waals surface area contributed by atoms with Crippen molar-refractivity contribution in [1.82, 2.24) is 4.90 Å². The molecule has 0 aliphatic carbocycles. The quantitative estimate of drug-likeness (QED) is 0.658. The summed E-state index contributed by atoms with van der Waals surface area (Å²) in [7, 11) is 0. The van der Waals surface area contributed by atoms with E-state index < -0.39 is 0 Å². The molecule has 1 nitrogen and oxygen atoms in total. The van der Waals surface area contributed by atoms with Gasteiger partial charge in [-0.05, 0) is 25.3 Å². The van der Waals surface area contributed by atoms with Gasteiger partial charge >= 0.3 is 0 Å². The number of nitrogens with zero attached hydrogens (tertiary/aromatic N) is 1. The number of hydrogen-bond donors (Lipinski definition) is 0. The van der Waals surface area contributed by atoms with Crippen molar-refractivity contribution >= 4 is 0 Å². The van der Waals surface area contributed by atoms with Crippen LogP contribution < -0.4 is 0 Å². The Bertz CT molecular complexity index is 281. The van der Waals surface area contributed by atoms with E-state index in [-0.39, 0.29) is 0 Å². The maximum absolute atomic E-state index is 2.59. The van der Waals surface area contributed by atoms with Gasteiger partial charge in [-0.15, -0.1) is 0 Å². The second kappa shape index (κ2) is 4.14. The van der Waals surface area contributed by atoms with Crippen molar-refractivity contribution in [2.24, 2.45) is 0 Å². The standard InChI is InChI=1S/C13H19N/c1-3-13(14-10-11(14)2)9-12-7-5-4-6-8-12/h4-8,11,13H,3,9-10H2,1-2H3. The van der Waals surface area contributed by atoms with Crippen molar-refractivity contribution in [2.45, 2.75) is 38.8 Å². The summed E-state index contributed by atoms with van der Waals surface area (Å²) in [5, 5.41) is 0. The zero-order valence-corrected chi connectivity index (χ0v) is 9.11. The molecule has 76 valence electrons. The fourth-order valence-corrected chi connectivity index (χ4v) is 2.15. The Hall–Kier alpha value is -0.820. The Morgan fingerprint density at radius 3 is 2.50 bits per heavy atom. The molecule has 0 radical (unpaired) electrons. The van der Waals surface area contributed by atoms with Gasteiger partial charge in [-0.2, -0.15) is 0 Å². The Morgan fingerprint density at radius 2 is 2.00 bits per heavy atom. The van der Waals surface area contributed by atoms with E-state index in [9.17, 15) is 0 Å². The number of benzene rings is 1. The van der Waals surface area contributed by atoms with Gasteiger partial charge in [0.2, 0.25) is 0 Å². The monoisotopic (exact) mass is 189 g/mol. The third-order valence-electron chi connectivity index (χ3n) is 3.16. The van der Waals surface area contributed by atoms with Crippen LogP contribution in [0.25, 0.3) is 0 Å². The molecule has 0 bridgehead atoms. The van der Waals surface area contributed by atoms with E-state index in [1.165, 1.54) is 24.9 Å². The molecule has 0 amide bonds. The molecule has 1 saturated heterocycles. The van der Waals surface area contributed by atoms with E-state index in [1.54, 1.807) is 0 Å². The van der Waals surface area contributed by atoms with E-state index >= 15 is 0 Å². The van der Waals surface area contributed by atoms with E-state index in [2.05, 4.69) is 49.1 Å². The molecular formula is C13H19N. The molecule has 1 aromatic rings. The van der Waals surface area contributed by atoms with Gasteiger partial charge in [-0.25, -0.2) is 0 Å². The minimum absolute atomic E-state index is 0.757. The van der Waals surface area contributed by atoms with Crippen LogP contribution in [0.5, 0.6) is 0 Å². The van der Waals surface area contributed by atoms with Crippen molar-refractivity contribution in [3.63, 3.8) is 0 Å². The fourth-order valence-electron chi connectivity index (χ4n) is 2.15. The van der Waals surface area contributed by atoms with Crippen LogP contribution in [0, 0.1) is 0 Å². The van der Waals surface area contributed by atoms with Gasteiger partial charge in [-0.3, -0.25) is 4.90 Å². The second-order valence-electron chi connectivity index (χ2n) is 4.30. The van der Waals surface area contributed by atoms with Crippen LogP contribution in [-0.2, 0) is 6.42 Å². The average molecular weight is 189 g/mol. The third kappa shape index (κ3) is 2.16. The van der Waals surface area contributed by atoms with Crippen molar-refractivity contribution in [3.05, 3.63) is 35.9 Å². The topological polar surface area (TPSA) is 3.01 Å². The summed E-state index contributed by atoms with van der Waals surface area (Å²) in [6, 6.07) is 12.4. The maximum Gasteiger partial charge on any atom is 0.0198 e. The van der Waals surface area contributed by atoms with Crippen LogP contribution in [-0.4, -0.2) is 23.5 Å². The van der Waals surface area contributed by atoms with Crippen LogP contribution in [0.15, 0.2) is 30.3 Å². The molecule has 3 atom stereocenters. The summed E-state index contributed by atoms with van der Waals surface area (Å²) in [6.07, 6.45) is 2.47. The van der Waals surface area contributed by atoms with Gasteiger partial charge in [0.15, 0.2) is 0 Å². The lowest BCUT2D eigenvalue weighted by molar-refractivity contribution is 0.362. The molecule has 1 aliphatic heterocycles. The van der Waals surface area contributed by atoms with Gasteiger partial charge in [0.1, 0.15) is 0 Å². The fraction of sp³-hybridized carbons (Fsp3) is 0.538. The number of rotatable bonds is 4. The molecule has 14 heavy (non-hydrogen) atoms. The molecule has 0 N–H and O–H groups in total. The minimum Gasteiger partial charge on any atom is -0.295 e. The normalized spacial score (nSPS) is 27.3. The number of hydrogen-bond acceptors (Lipinski definition) is 1. The first-order valence-corrected chi connectivity index (χ1v) is 5.61. The lowest BCUT2D eigenvalue weighted by Crippen LogP contribution is -2.21. The van der Waals surface area contributed by atoms with Gasteiger partial charge in [0, 0.05) is 18.6 Å². The Morgan fingerprint density at radius 1 is 1.36 bits per heavy atom. The zero-order chi connectivity index (χ0) is 9.97. The highest BCUT2D eigenvalue weighted by Crippen LogP contribution is 2.24. The van der Waals surface area contributed by atoms with Crippen LogP contribution in [0.4, 0.5) is 0 Å². The molecule has 2 rings (SSSR count). The molecule has 0 saturated carbocycles. The zero-order valence-electron chi connectivity index (χ0n) is 9.11. The highest BCUT2D eigenvalue weighted by atomic mass is 15.3. The Balaban J connectivity index is 1.95. The smallest absolute Gasteiger partial charge is 0.0198 e. The van der Waals surface area contributed by atoms with Crippen molar-refractivity contribution < 1.29 is 0 Å². The molecule has 0 spiro atoms. The summed E-state index contributed by atoms with van der Waals surface area (Å²) >= 11 is 0. The lowest BCUT2D eigenvalue weighted by Gasteiger charge is -2.16. The SMILES string of the molecule is CCC(Cc1ccccc1)N1CC1C. The highest BCUT2D eigenvalue weighted by molar-refractivity contribution is 5.16. The first-order chi connectivity index (χ1) is 6.81. The minimum atomic E-state index is 0.757. The van der Waals surface area contributed by atoms with Crippen molar-refractivity contribution in [3.8, 4) is 0 Å². The van der Waals surface area contributed by atoms with E-state index in [4.69, 9.17) is 0 Å². The maximum atomic E-state index is 2.59. The van der Waals surface area contributed by atoms with Crippen LogP contribution in [0.1, 0.15) is 25.8 Å². The molecule has 1 aromatic carbocycles. The van der Waals surface area contributed by atoms with Gasteiger partial charge in [-0.1, -0.05) is 37.3 Å².